The molecule has 0 bridgehead atoms. The molecule has 0 fully saturated rings. The highest BCUT2D eigenvalue weighted by Crippen LogP contribution is 2.27. The number of rotatable bonds is 5. The van der Waals surface area contributed by atoms with Crippen LogP contribution in [0.5, 0.6) is 5.75 Å². The number of hydrogen-bond acceptors (Lipinski definition) is 4. The van der Waals surface area contributed by atoms with Gasteiger partial charge in [-0.15, -0.1) is 13.2 Å². The number of carbonyl (C=O) groups is 1. The first kappa shape index (κ1) is 18.6. The van der Waals surface area contributed by atoms with Gasteiger partial charge in [0.15, 0.2) is 0 Å². The number of nitrogens with one attached hydrogen (secondary N) is 2. The summed E-state index contributed by atoms with van der Waals surface area (Å²) in [4.78, 5) is 16.4. The van der Waals surface area contributed by atoms with Gasteiger partial charge in [0.1, 0.15) is 11.6 Å². The average molecular weight is 443 g/mol. The molecule has 164 valence electrons. The second-order valence-electron chi connectivity index (χ2n) is 6.66. The summed E-state index contributed by atoms with van der Waals surface area (Å²) in [6.45, 7) is -1.96. The number of nitrogen functional groups attached to an aromatic ring is 1. The fraction of sp³-hybridized carbons (Fsp3) is 0.0909. The third-order valence-electron chi connectivity index (χ3n) is 4.34. The fourth-order valence-electron chi connectivity index (χ4n) is 3.09. The van der Waals surface area contributed by atoms with Crippen molar-refractivity contribution in [2.45, 2.75) is 12.9 Å². The van der Waals surface area contributed by atoms with Crippen molar-refractivity contribution in [1.29, 1.82) is 0 Å². The zero-order valence-corrected chi connectivity index (χ0v) is 16.4. The Hall–Kier alpha value is -4.21. The molecule has 0 saturated heterocycles. The summed E-state index contributed by atoms with van der Waals surface area (Å²) in [5.41, 5.74) is 6.97. The zero-order valence-electron chi connectivity index (χ0n) is 18.4. The molecule has 0 radical (unpaired) electrons. The summed E-state index contributed by atoms with van der Waals surface area (Å²) in [5, 5.41) is 5.64. The molecule has 4 N–H and O–H groups in total. The number of nitrogens with two attached hydrogens (primary N) is 1. The second-order valence-corrected chi connectivity index (χ2v) is 6.66. The Bertz CT molecular complexity index is 1360. The van der Waals surface area contributed by atoms with Crippen molar-refractivity contribution in [2.75, 3.05) is 16.4 Å². The monoisotopic (exact) mass is 443 g/mol. The first-order valence-electron chi connectivity index (χ1n) is 10.3. The molecule has 0 aliphatic carbocycles. The quantitative estimate of drug-likeness (QED) is 0.395. The van der Waals surface area contributed by atoms with E-state index in [1.807, 2.05) is 0 Å². The van der Waals surface area contributed by atoms with Gasteiger partial charge in [-0.25, -0.2) is 9.78 Å². The van der Waals surface area contributed by atoms with Crippen LogP contribution in [0, 0.1) is 0 Å². The Balaban J connectivity index is 1.57. The van der Waals surface area contributed by atoms with E-state index in [2.05, 4.69) is 20.4 Å². The molecule has 2 aromatic heterocycles. The van der Waals surface area contributed by atoms with Gasteiger partial charge in [0.05, 0.1) is 13.9 Å². The predicted octanol–water partition coefficient (Wildman–Crippen LogP) is 5.21. The molecule has 32 heavy (non-hydrogen) atoms. The molecule has 0 spiro atoms. The number of fused-ring (bicyclic) bond motifs is 1. The van der Waals surface area contributed by atoms with Gasteiger partial charge in [0.2, 0.25) is 0 Å². The number of halogens is 3. The van der Waals surface area contributed by atoms with Crippen molar-refractivity contribution in [3.05, 3.63) is 78.6 Å². The lowest BCUT2D eigenvalue weighted by Gasteiger charge is -2.12. The van der Waals surface area contributed by atoms with Crippen molar-refractivity contribution in [1.82, 2.24) is 9.55 Å². The van der Waals surface area contributed by atoms with Crippen LogP contribution in [-0.4, -0.2) is 21.9 Å². The number of nitrogens with zero attached hydrogens (tertiary/aromatic N) is 2. The van der Waals surface area contributed by atoms with E-state index in [0.29, 0.717) is 22.2 Å². The topological polar surface area (TPSA) is 94.2 Å². The lowest BCUT2D eigenvalue weighted by Crippen LogP contribution is -2.20. The van der Waals surface area contributed by atoms with Crippen LogP contribution in [0.3, 0.4) is 0 Å². The number of urea groups is 1. The predicted molar refractivity (Wildman–Crippen MR) is 115 cm³/mol. The third kappa shape index (κ3) is 5.09. The van der Waals surface area contributed by atoms with E-state index in [1.54, 1.807) is 30.5 Å². The minimum absolute atomic E-state index is 0.0932. The Morgan fingerprint density at radius 3 is 2.72 bits per heavy atom. The summed E-state index contributed by atoms with van der Waals surface area (Å²) in [6, 6.07) is 13.7. The van der Waals surface area contributed by atoms with E-state index in [9.17, 15) is 18.0 Å². The minimum Gasteiger partial charge on any atom is -0.406 e. The van der Waals surface area contributed by atoms with E-state index in [1.165, 1.54) is 35.0 Å². The lowest BCUT2D eigenvalue weighted by atomic mass is 10.2. The number of alkyl halides is 3. The summed E-state index contributed by atoms with van der Waals surface area (Å²) in [7, 11) is 0. The van der Waals surface area contributed by atoms with Crippen molar-refractivity contribution >= 4 is 34.1 Å². The van der Waals surface area contributed by atoms with Gasteiger partial charge in [0, 0.05) is 36.0 Å². The second kappa shape index (κ2) is 8.50. The molecule has 0 saturated carbocycles. The normalized spacial score (nSPS) is 12.7. The number of pyridine rings is 1. The van der Waals surface area contributed by atoms with Crippen LogP contribution in [0.25, 0.3) is 10.9 Å². The molecule has 0 atom stereocenters. The molecule has 2 amide bonds. The van der Waals surface area contributed by atoms with Gasteiger partial charge >= 0.3 is 12.4 Å². The van der Waals surface area contributed by atoms with Gasteiger partial charge in [-0.3, -0.25) is 0 Å². The summed E-state index contributed by atoms with van der Waals surface area (Å²) >= 11 is 0. The highest BCUT2D eigenvalue weighted by molar-refractivity contribution is 6.05. The highest BCUT2D eigenvalue weighted by atomic mass is 19.4. The van der Waals surface area contributed by atoms with Gasteiger partial charge in [0.25, 0.3) is 0 Å². The Morgan fingerprint density at radius 1 is 1.12 bits per heavy atom. The first-order valence-corrected chi connectivity index (χ1v) is 9.29. The van der Waals surface area contributed by atoms with Gasteiger partial charge < -0.3 is 25.7 Å². The van der Waals surface area contributed by atoms with E-state index < -0.39 is 24.6 Å². The molecule has 4 rings (SSSR count). The Kier molecular flexibility index (Phi) is 4.93. The van der Waals surface area contributed by atoms with Crippen molar-refractivity contribution in [3.8, 4) is 5.75 Å². The van der Waals surface area contributed by atoms with Crippen LogP contribution >= 0.6 is 0 Å². The summed E-state index contributed by atoms with van der Waals surface area (Å²) < 4.78 is 59.7. The zero-order chi connectivity index (χ0) is 24.5. The van der Waals surface area contributed by atoms with Crippen molar-refractivity contribution < 1.29 is 25.4 Å². The van der Waals surface area contributed by atoms with Crippen LogP contribution < -0.4 is 21.1 Å². The molecule has 2 aromatic carbocycles. The SMILES string of the molecule is [2H]C([2H])(c1ccnc(N)c1)n1ccc2c(NC(=O)Nc3cccc(OC(F)(F)F)c3)cccc21. The van der Waals surface area contributed by atoms with Crippen molar-refractivity contribution in [3.63, 3.8) is 0 Å². The number of ether oxygens (including phenoxy) is 1. The maximum absolute atomic E-state index is 12.5. The molecular formula is C22H18F3N5O2. The molecule has 0 aliphatic rings. The van der Waals surface area contributed by atoms with E-state index in [-0.39, 0.29) is 11.5 Å². The number of amides is 2. The fourth-order valence-corrected chi connectivity index (χ4v) is 3.09. The average Bonchev–Trinajstić information content (AvgIpc) is 3.19. The van der Waals surface area contributed by atoms with Gasteiger partial charge in [-0.05, 0) is 48.0 Å². The molecule has 10 heteroatoms. The smallest absolute Gasteiger partial charge is 0.406 e. The molecular weight excluding hydrogens is 423 g/mol. The van der Waals surface area contributed by atoms with Gasteiger partial charge in [-0.1, -0.05) is 12.1 Å². The number of benzene rings is 2. The minimum atomic E-state index is -4.85. The van der Waals surface area contributed by atoms with Crippen LogP contribution in [0.2, 0.25) is 0 Å². The number of aromatic nitrogens is 2. The standard InChI is InChI=1S/C22H18F3N5O2/c23-22(24,25)32-16-4-1-3-15(12-16)28-21(31)29-18-5-2-6-19-17(18)8-10-30(19)13-14-7-9-27-20(26)11-14/h1-12H,13H2,(H2,26,27)(H2,28,29,31)/i13D2. The van der Waals surface area contributed by atoms with Gasteiger partial charge in [-0.2, -0.15) is 0 Å². The maximum Gasteiger partial charge on any atom is 0.573 e. The number of anilines is 3. The summed E-state index contributed by atoms with van der Waals surface area (Å²) in [6.07, 6.45) is -1.89. The van der Waals surface area contributed by atoms with Crippen LogP contribution in [-0.2, 0) is 6.50 Å². The largest absolute Gasteiger partial charge is 0.573 e. The Morgan fingerprint density at radius 2 is 1.94 bits per heavy atom. The highest BCUT2D eigenvalue weighted by Gasteiger charge is 2.31. The number of carbonyl (C=O) groups excluding carboxylic acids is 1. The molecule has 0 aliphatic heterocycles. The molecule has 4 aromatic rings. The van der Waals surface area contributed by atoms with Crippen LogP contribution in [0.15, 0.2) is 73.1 Å². The third-order valence-corrected chi connectivity index (χ3v) is 4.34. The van der Waals surface area contributed by atoms with E-state index in [4.69, 9.17) is 8.48 Å². The molecule has 7 nitrogen and oxygen atoms in total. The van der Waals surface area contributed by atoms with Crippen LogP contribution in [0.4, 0.5) is 35.2 Å². The van der Waals surface area contributed by atoms with E-state index >= 15 is 0 Å². The lowest BCUT2D eigenvalue weighted by molar-refractivity contribution is -0.274. The first-order chi connectivity index (χ1) is 16.0. The maximum atomic E-state index is 12.5. The van der Waals surface area contributed by atoms with Crippen molar-refractivity contribution in [2.24, 2.45) is 0 Å². The molecule has 2 heterocycles. The number of hydrogen-bond donors (Lipinski definition) is 3. The Labute approximate surface area is 183 Å². The molecule has 0 unspecified atom stereocenters. The van der Waals surface area contributed by atoms with Crippen LogP contribution in [0.1, 0.15) is 8.30 Å². The summed E-state index contributed by atoms with van der Waals surface area (Å²) in [5.74, 6) is -0.287. The van der Waals surface area contributed by atoms with E-state index in [0.717, 1.165) is 12.1 Å².